The molecule has 5 heteroatoms. The van der Waals surface area contributed by atoms with Gasteiger partial charge in [0.05, 0.1) is 13.0 Å². The molecule has 2 amide bonds. The Hall–Kier alpha value is -3.34. The van der Waals surface area contributed by atoms with Gasteiger partial charge in [-0.2, -0.15) is 0 Å². The Bertz CT molecular complexity index is 908. The van der Waals surface area contributed by atoms with Crippen molar-refractivity contribution >= 4 is 17.5 Å². The number of hydrogen-bond acceptors (Lipinski definition) is 2. The van der Waals surface area contributed by atoms with Gasteiger partial charge in [-0.05, 0) is 54.8 Å². The Labute approximate surface area is 159 Å². The van der Waals surface area contributed by atoms with E-state index in [0.29, 0.717) is 0 Å². The number of carbonyl (C=O) groups is 2. The van der Waals surface area contributed by atoms with E-state index in [2.05, 4.69) is 10.6 Å². The van der Waals surface area contributed by atoms with Crippen LogP contribution in [0.1, 0.15) is 16.7 Å². The number of nitrogens with zero attached hydrogens (tertiary/aromatic N) is 1. The van der Waals surface area contributed by atoms with Gasteiger partial charge < -0.3 is 15.2 Å². The zero-order valence-corrected chi connectivity index (χ0v) is 15.5. The molecule has 27 heavy (non-hydrogen) atoms. The normalized spacial score (nSPS) is 10.4. The van der Waals surface area contributed by atoms with Crippen LogP contribution in [0.25, 0.3) is 5.69 Å². The van der Waals surface area contributed by atoms with Crippen LogP contribution in [-0.2, 0) is 16.0 Å². The van der Waals surface area contributed by atoms with E-state index in [0.717, 1.165) is 28.1 Å². The van der Waals surface area contributed by atoms with Crippen LogP contribution in [0.2, 0.25) is 0 Å². The van der Waals surface area contributed by atoms with Gasteiger partial charge in [-0.3, -0.25) is 9.59 Å². The van der Waals surface area contributed by atoms with Crippen molar-refractivity contribution in [2.24, 2.45) is 0 Å². The summed E-state index contributed by atoms with van der Waals surface area (Å²) in [5.41, 5.74) is 4.74. The van der Waals surface area contributed by atoms with Crippen molar-refractivity contribution in [1.82, 2.24) is 9.88 Å². The number of hydrogen-bond donors (Lipinski definition) is 2. The molecule has 1 heterocycles. The molecule has 5 nitrogen and oxygen atoms in total. The first-order valence-electron chi connectivity index (χ1n) is 8.88. The lowest BCUT2D eigenvalue weighted by Crippen LogP contribution is -2.34. The van der Waals surface area contributed by atoms with E-state index >= 15 is 0 Å². The molecule has 3 aromatic rings. The fraction of sp³-hybridized carbons (Fsp3) is 0.182. The zero-order chi connectivity index (χ0) is 19.2. The van der Waals surface area contributed by atoms with Gasteiger partial charge in [-0.15, -0.1) is 0 Å². The second-order valence-corrected chi connectivity index (χ2v) is 6.53. The largest absolute Gasteiger partial charge is 0.347 e. The molecule has 2 aromatic carbocycles. The van der Waals surface area contributed by atoms with Crippen molar-refractivity contribution in [3.8, 4) is 5.69 Å². The first kappa shape index (κ1) is 18.5. The summed E-state index contributed by atoms with van der Waals surface area (Å²) in [6.07, 6.45) is 4.18. The lowest BCUT2D eigenvalue weighted by molar-refractivity contribution is -0.123. The zero-order valence-electron chi connectivity index (χ0n) is 15.5. The highest BCUT2D eigenvalue weighted by molar-refractivity contribution is 5.95. The van der Waals surface area contributed by atoms with Crippen LogP contribution in [0, 0.1) is 13.8 Å². The Kier molecular flexibility index (Phi) is 5.71. The summed E-state index contributed by atoms with van der Waals surface area (Å²) in [6.45, 7) is 3.84. The van der Waals surface area contributed by atoms with Crippen LogP contribution >= 0.6 is 0 Å². The molecule has 0 unspecified atom stereocenters. The number of nitrogens with one attached hydrogen (secondary N) is 2. The highest BCUT2D eigenvalue weighted by Gasteiger charge is 2.09. The summed E-state index contributed by atoms with van der Waals surface area (Å²) in [5.74, 6) is -0.413. The van der Waals surface area contributed by atoms with Crippen LogP contribution in [0.3, 0.4) is 0 Å². The SMILES string of the molecule is Cc1cccc(C)c1NC(=O)CNC(=O)Cc1ccc(-n2cccc2)cc1. The summed E-state index contributed by atoms with van der Waals surface area (Å²) < 4.78 is 2.00. The van der Waals surface area contributed by atoms with Gasteiger partial charge in [-0.1, -0.05) is 30.3 Å². The molecule has 0 aliphatic rings. The molecule has 0 saturated heterocycles. The number of amides is 2. The molecular weight excluding hydrogens is 338 g/mol. The average Bonchev–Trinajstić information content (AvgIpc) is 3.18. The third-order valence-corrected chi connectivity index (χ3v) is 4.40. The van der Waals surface area contributed by atoms with Crippen LogP contribution in [0.15, 0.2) is 67.0 Å². The Balaban J connectivity index is 1.50. The number of anilines is 1. The highest BCUT2D eigenvalue weighted by Crippen LogP contribution is 2.19. The fourth-order valence-corrected chi connectivity index (χ4v) is 2.91. The maximum absolute atomic E-state index is 12.1. The average molecular weight is 361 g/mol. The van der Waals surface area contributed by atoms with E-state index in [4.69, 9.17) is 0 Å². The molecule has 0 radical (unpaired) electrons. The van der Waals surface area contributed by atoms with Gasteiger partial charge in [0, 0.05) is 23.8 Å². The summed E-state index contributed by atoms with van der Waals surface area (Å²) in [4.78, 5) is 24.2. The van der Waals surface area contributed by atoms with Gasteiger partial charge in [-0.25, -0.2) is 0 Å². The van der Waals surface area contributed by atoms with Crippen LogP contribution in [-0.4, -0.2) is 22.9 Å². The van der Waals surface area contributed by atoms with Crippen LogP contribution in [0.4, 0.5) is 5.69 Å². The van der Waals surface area contributed by atoms with Crippen molar-refractivity contribution in [3.05, 3.63) is 83.7 Å². The van der Waals surface area contributed by atoms with E-state index in [-0.39, 0.29) is 24.8 Å². The standard InChI is InChI=1S/C22H23N3O2/c1-16-6-5-7-17(2)22(16)24-21(27)15-23-20(26)14-18-8-10-19(11-9-18)25-12-3-4-13-25/h3-13H,14-15H2,1-2H3,(H,23,26)(H,24,27). The second kappa shape index (κ2) is 8.36. The monoisotopic (exact) mass is 361 g/mol. The molecule has 1 aromatic heterocycles. The summed E-state index contributed by atoms with van der Waals surface area (Å²) in [5, 5.41) is 5.54. The van der Waals surface area contributed by atoms with Crippen molar-refractivity contribution in [1.29, 1.82) is 0 Å². The summed E-state index contributed by atoms with van der Waals surface area (Å²) in [6, 6.07) is 17.5. The second-order valence-electron chi connectivity index (χ2n) is 6.53. The minimum Gasteiger partial charge on any atom is -0.347 e. The van der Waals surface area contributed by atoms with Crippen molar-refractivity contribution in [2.75, 3.05) is 11.9 Å². The van der Waals surface area contributed by atoms with Crippen molar-refractivity contribution in [2.45, 2.75) is 20.3 Å². The third kappa shape index (κ3) is 4.85. The quantitative estimate of drug-likeness (QED) is 0.707. The van der Waals surface area contributed by atoms with Gasteiger partial charge >= 0.3 is 0 Å². The molecule has 2 N–H and O–H groups in total. The maximum Gasteiger partial charge on any atom is 0.243 e. The lowest BCUT2D eigenvalue weighted by atomic mass is 10.1. The Morgan fingerprint density at radius 3 is 2.11 bits per heavy atom. The number of carbonyl (C=O) groups excluding carboxylic acids is 2. The van der Waals surface area contributed by atoms with Gasteiger partial charge in [0.1, 0.15) is 0 Å². The molecule has 138 valence electrons. The number of para-hydroxylation sites is 1. The first-order valence-corrected chi connectivity index (χ1v) is 8.88. The number of rotatable bonds is 6. The highest BCUT2D eigenvalue weighted by atomic mass is 16.2. The van der Waals surface area contributed by atoms with E-state index in [1.54, 1.807) is 0 Å². The minimum absolute atomic E-state index is 0.0476. The smallest absolute Gasteiger partial charge is 0.243 e. The van der Waals surface area contributed by atoms with Gasteiger partial charge in [0.2, 0.25) is 11.8 Å². The molecule has 0 atom stereocenters. The van der Waals surface area contributed by atoms with Crippen LogP contribution < -0.4 is 10.6 Å². The fourth-order valence-electron chi connectivity index (χ4n) is 2.91. The third-order valence-electron chi connectivity index (χ3n) is 4.40. The minimum atomic E-state index is -0.233. The van der Waals surface area contributed by atoms with Crippen molar-refractivity contribution in [3.63, 3.8) is 0 Å². The molecule has 3 rings (SSSR count). The Morgan fingerprint density at radius 1 is 0.852 bits per heavy atom. The molecule has 0 saturated carbocycles. The van der Waals surface area contributed by atoms with E-state index in [9.17, 15) is 9.59 Å². The Morgan fingerprint density at radius 2 is 1.48 bits per heavy atom. The van der Waals surface area contributed by atoms with E-state index in [1.807, 2.05) is 85.4 Å². The number of aromatic nitrogens is 1. The lowest BCUT2D eigenvalue weighted by Gasteiger charge is -2.12. The molecule has 0 bridgehead atoms. The predicted octanol–water partition coefficient (Wildman–Crippen LogP) is 3.39. The molecular formula is C22H23N3O2. The molecule has 0 aliphatic carbocycles. The van der Waals surface area contributed by atoms with Crippen molar-refractivity contribution < 1.29 is 9.59 Å². The first-order chi connectivity index (χ1) is 13.0. The maximum atomic E-state index is 12.1. The topological polar surface area (TPSA) is 63.1 Å². The number of aryl methyl sites for hydroxylation is 2. The van der Waals surface area contributed by atoms with E-state index in [1.165, 1.54) is 0 Å². The molecule has 0 fully saturated rings. The molecule has 0 aliphatic heterocycles. The van der Waals surface area contributed by atoms with Crippen LogP contribution in [0.5, 0.6) is 0 Å². The number of benzene rings is 2. The molecule has 0 spiro atoms. The summed E-state index contributed by atoms with van der Waals surface area (Å²) >= 11 is 0. The van der Waals surface area contributed by atoms with Gasteiger partial charge in [0.15, 0.2) is 0 Å². The summed E-state index contributed by atoms with van der Waals surface area (Å²) in [7, 11) is 0. The predicted molar refractivity (Wildman–Crippen MR) is 107 cm³/mol. The van der Waals surface area contributed by atoms with E-state index < -0.39 is 0 Å². The van der Waals surface area contributed by atoms with Gasteiger partial charge in [0.25, 0.3) is 0 Å².